The number of hydrogen-bond acceptors (Lipinski definition) is 7. The van der Waals surface area contributed by atoms with Crippen molar-refractivity contribution in [3.05, 3.63) is 18.2 Å². The summed E-state index contributed by atoms with van der Waals surface area (Å²) in [6.45, 7) is 0. The van der Waals surface area contributed by atoms with E-state index in [9.17, 15) is 4.79 Å². The first-order valence-electron chi connectivity index (χ1n) is 10.6. The van der Waals surface area contributed by atoms with Crippen LogP contribution in [0.1, 0.15) is 38.5 Å². The third-order valence-electron chi connectivity index (χ3n) is 6.82. The molecule has 4 aliphatic carbocycles. The summed E-state index contributed by atoms with van der Waals surface area (Å²) in [6, 6.07) is 5.40. The molecule has 1 aromatic heterocycles. The molecule has 6 rings (SSSR count). The van der Waals surface area contributed by atoms with Crippen molar-refractivity contribution >= 4 is 17.7 Å². The molecule has 1 amide bonds. The Morgan fingerprint density at radius 2 is 1.83 bits per heavy atom. The van der Waals surface area contributed by atoms with Gasteiger partial charge in [0.15, 0.2) is 0 Å². The summed E-state index contributed by atoms with van der Waals surface area (Å²) in [4.78, 5) is 12.7. The molecule has 1 N–H and O–H groups in total. The Kier molecular flexibility index (Phi) is 5.13. The van der Waals surface area contributed by atoms with Gasteiger partial charge >= 0.3 is 0 Å². The van der Waals surface area contributed by atoms with Crippen molar-refractivity contribution in [3.8, 4) is 23.0 Å². The monoisotopic (exact) mass is 429 g/mol. The van der Waals surface area contributed by atoms with Crippen LogP contribution in [-0.2, 0) is 4.79 Å². The van der Waals surface area contributed by atoms with Crippen LogP contribution in [-0.4, -0.2) is 41.6 Å². The van der Waals surface area contributed by atoms with Crippen LogP contribution in [0, 0.1) is 17.8 Å². The number of rotatable bonds is 7. The minimum absolute atomic E-state index is 0.0306. The highest BCUT2D eigenvalue weighted by Crippen LogP contribution is 2.55. The number of methoxy groups -OCH3 is 2. The molecule has 1 heterocycles. The summed E-state index contributed by atoms with van der Waals surface area (Å²) in [7, 11) is 3.18. The van der Waals surface area contributed by atoms with E-state index in [1.54, 1.807) is 20.3 Å². The summed E-state index contributed by atoms with van der Waals surface area (Å²) in [5.41, 5.74) is 0.721. The Bertz CT molecular complexity index is 909. The number of aromatic nitrogens is 2. The van der Waals surface area contributed by atoms with Crippen LogP contribution in [0.25, 0.3) is 11.5 Å². The molecule has 4 saturated carbocycles. The smallest absolute Gasteiger partial charge is 0.277 e. The molecular weight excluding hydrogens is 402 g/mol. The van der Waals surface area contributed by atoms with Crippen LogP contribution >= 0.6 is 11.8 Å². The average Bonchev–Trinajstić information content (AvgIpc) is 3.19. The summed E-state index contributed by atoms with van der Waals surface area (Å²) in [5, 5.41) is 12.0. The molecule has 2 aromatic rings. The first kappa shape index (κ1) is 19.7. The second-order valence-corrected chi connectivity index (χ2v) is 9.90. The van der Waals surface area contributed by atoms with Crippen molar-refractivity contribution in [3.63, 3.8) is 0 Å². The molecule has 0 radical (unpaired) electrons. The molecule has 8 heteroatoms. The zero-order chi connectivity index (χ0) is 20.7. The molecule has 0 unspecified atom stereocenters. The number of benzene rings is 1. The number of amides is 1. The van der Waals surface area contributed by atoms with Crippen LogP contribution in [0.2, 0.25) is 0 Å². The molecule has 0 atom stereocenters. The Labute approximate surface area is 180 Å². The van der Waals surface area contributed by atoms with Gasteiger partial charge in [-0.1, -0.05) is 11.8 Å². The maximum Gasteiger partial charge on any atom is 0.277 e. The number of hydrogen-bond donors (Lipinski definition) is 1. The molecule has 4 fully saturated rings. The summed E-state index contributed by atoms with van der Waals surface area (Å²) < 4.78 is 16.4. The van der Waals surface area contributed by atoms with Crippen molar-refractivity contribution < 1.29 is 18.7 Å². The van der Waals surface area contributed by atoms with E-state index in [2.05, 4.69) is 15.5 Å². The molecule has 1 aromatic carbocycles. The van der Waals surface area contributed by atoms with E-state index in [1.807, 2.05) is 12.1 Å². The molecule has 4 bridgehead atoms. The Balaban J connectivity index is 1.21. The van der Waals surface area contributed by atoms with Gasteiger partial charge in [0.2, 0.25) is 5.91 Å². The van der Waals surface area contributed by atoms with Gasteiger partial charge in [-0.3, -0.25) is 4.79 Å². The summed E-state index contributed by atoms with van der Waals surface area (Å²) >= 11 is 1.28. The highest BCUT2D eigenvalue weighted by Gasteiger charge is 2.51. The predicted molar refractivity (Wildman–Crippen MR) is 113 cm³/mol. The van der Waals surface area contributed by atoms with Gasteiger partial charge in [0, 0.05) is 11.6 Å². The number of nitrogens with one attached hydrogen (secondary N) is 1. The van der Waals surface area contributed by atoms with Gasteiger partial charge in [0.1, 0.15) is 11.5 Å². The number of carbonyl (C=O) groups excluding carboxylic acids is 1. The topological polar surface area (TPSA) is 86.5 Å². The number of nitrogens with zero attached hydrogens (tertiary/aromatic N) is 2. The Morgan fingerprint density at radius 1 is 1.13 bits per heavy atom. The van der Waals surface area contributed by atoms with Crippen LogP contribution in [0.4, 0.5) is 0 Å². The largest absolute Gasteiger partial charge is 0.497 e. The molecule has 0 saturated heterocycles. The highest BCUT2D eigenvalue weighted by atomic mass is 32.2. The van der Waals surface area contributed by atoms with Crippen molar-refractivity contribution in [1.29, 1.82) is 0 Å². The number of ether oxygens (including phenoxy) is 2. The van der Waals surface area contributed by atoms with Gasteiger partial charge in [-0.15, -0.1) is 10.2 Å². The number of carbonyl (C=O) groups is 1. The maximum absolute atomic E-state index is 12.7. The maximum atomic E-state index is 12.7. The van der Waals surface area contributed by atoms with Gasteiger partial charge < -0.3 is 19.2 Å². The predicted octanol–water partition coefficient (Wildman–Crippen LogP) is 3.93. The number of thioether (sulfide) groups is 1. The van der Waals surface area contributed by atoms with Crippen LogP contribution in [0.5, 0.6) is 11.5 Å². The van der Waals surface area contributed by atoms with Crippen molar-refractivity contribution in [2.75, 3.05) is 20.0 Å². The lowest BCUT2D eigenvalue weighted by atomic mass is 9.53. The fourth-order valence-electron chi connectivity index (χ4n) is 6.08. The third kappa shape index (κ3) is 3.77. The van der Waals surface area contributed by atoms with E-state index >= 15 is 0 Å². The lowest BCUT2D eigenvalue weighted by Crippen LogP contribution is -2.60. The standard InChI is InChI=1S/C22H27N3O4S/c1-27-16-3-4-17(18(8-16)28-2)20-24-25-21(29-20)30-12-19(26)23-22-9-13-5-14(10-22)7-15(6-13)11-22/h3-4,8,13-15H,5-7,9-12H2,1-2H3,(H,23,26). The molecule has 30 heavy (non-hydrogen) atoms. The molecule has 160 valence electrons. The zero-order valence-corrected chi connectivity index (χ0v) is 18.2. The SMILES string of the molecule is COc1ccc(-c2nnc(SCC(=O)NC34CC5CC(CC(C5)C3)C4)o2)c(OC)c1. The highest BCUT2D eigenvalue weighted by molar-refractivity contribution is 7.99. The van der Waals surface area contributed by atoms with Crippen molar-refractivity contribution in [2.45, 2.75) is 49.3 Å². The lowest BCUT2D eigenvalue weighted by molar-refractivity contribution is -0.124. The van der Waals surface area contributed by atoms with E-state index in [0.717, 1.165) is 37.0 Å². The molecular formula is C22H27N3O4S. The van der Waals surface area contributed by atoms with Gasteiger partial charge in [-0.2, -0.15) is 0 Å². The van der Waals surface area contributed by atoms with Crippen molar-refractivity contribution in [2.24, 2.45) is 17.8 Å². The summed E-state index contributed by atoms with van der Waals surface area (Å²) in [6.07, 6.45) is 7.54. The fourth-order valence-corrected chi connectivity index (χ4v) is 6.64. The average molecular weight is 430 g/mol. The molecule has 0 aliphatic heterocycles. The second kappa shape index (κ2) is 7.80. The molecule has 0 spiro atoms. The van der Waals surface area contributed by atoms with Crippen LogP contribution in [0.15, 0.2) is 27.8 Å². The van der Waals surface area contributed by atoms with Crippen LogP contribution < -0.4 is 14.8 Å². The summed E-state index contributed by atoms with van der Waals surface area (Å²) in [5.74, 6) is 4.40. The Morgan fingerprint density at radius 3 is 2.47 bits per heavy atom. The lowest BCUT2D eigenvalue weighted by Gasteiger charge is -2.56. The van der Waals surface area contributed by atoms with E-state index in [-0.39, 0.29) is 17.2 Å². The van der Waals surface area contributed by atoms with E-state index < -0.39 is 0 Å². The first-order valence-corrected chi connectivity index (χ1v) is 11.5. The van der Waals surface area contributed by atoms with E-state index in [0.29, 0.717) is 28.2 Å². The minimum atomic E-state index is 0.0306. The zero-order valence-electron chi connectivity index (χ0n) is 17.3. The first-order chi connectivity index (χ1) is 14.6. The second-order valence-electron chi connectivity index (χ2n) is 8.97. The van der Waals surface area contributed by atoms with Gasteiger partial charge in [0.25, 0.3) is 11.1 Å². The van der Waals surface area contributed by atoms with Crippen molar-refractivity contribution in [1.82, 2.24) is 15.5 Å². The Hall–Kier alpha value is -2.22. The van der Waals surface area contributed by atoms with E-state index in [4.69, 9.17) is 13.9 Å². The van der Waals surface area contributed by atoms with Gasteiger partial charge in [-0.05, 0) is 68.4 Å². The van der Waals surface area contributed by atoms with Gasteiger partial charge in [-0.25, -0.2) is 0 Å². The molecule has 7 nitrogen and oxygen atoms in total. The minimum Gasteiger partial charge on any atom is -0.497 e. The normalized spacial score (nSPS) is 29.1. The molecule has 4 aliphatic rings. The fraction of sp³-hybridized carbons (Fsp3) is 0.591. The van der Waals surface area contributed by atoms with Gasteiger partial charge in [0.05, 0.1) is 25.5 Å². The van der Waals surface area contributed by atoms with E-state index in [1.165, 1.54) is 31.0 Å². The third-order valence-corrected chi connectivity index (χ3v) is 7.63. The van der Waals surface area contributed by atoms with Crippen LogP contribution in [0.3, 0.4) is 0 Å². The quantitative estimate of drug-likeness (QED) is 0.667.